The SMILES string of the molecule is Cc1ccc(C(=O)Oc2ccc3c(=O)c(Oc4ccc(C)c(C)c4)c(C(F)(F)F)oc3c2CN2CCC(C)CC2)cc1. The van der Waals surface area contributed by atoms with Crippen molar-refractivity contribution < 1.29 is 31.9 Å². The standard InChI is InChI=1S/C33H32F3NO5/c1-19-5-8-23(9-6-19)32(39)41-27-12-11-25-28(38)30(40-24-10-7-21(3)22(4)17-24)31(33(34,35)36)42-29(25)26(27)18-37-15-13-20(2)14-16-37/h5-12,17,20H,13-16,18H2,1-4H3. The summed E-state index contributed by atoms with van der Waals surface area (Å²) in [6.45, 7) is 9.23. The van der Waals surface area contributed by atoms with E-state index >= 15 is 0 Å². The molecule has 0 aliphatic carbocycles. The fourth-order valence-corrected chi connectivity index (χ4v) is 4.99. The highest BCUT2D eigenvalue weighted by Gasteiger charge is 2.41. The minimum atomic E-state index is -5.03. The Bertz CT molecular complexity index is 1680. The van der Waals surface area contributed by atoms with Gasteiger partial charge in [0, 0.05) is 6.54 Å². The predicted molar refractivity (Wildman–Crippen MR) is 153 cm³/mol. The molecule has 4 aromatic rings. The van der Waals surface area contributed by atoms with Crippen molar-refractivity contribution in [1.82, 2.24) is 4.90 Å². The Hall–Kier alpha value is -4.11. The van der Waals surface area contributed by atoms with Crippen LogP contribution in [0.25, 0.3) is 11.0 Å². The van der Waals surface area contributed by atoms with Crippen molar-refractivity contribution in [1.29, 1.82) is 0 Å². The Labute approximate surface area is 241 Å². The lowest BCUT2D eigenvalue weighted by atomic mass is 9.98. The lowest BCUT2D eigenvalue weighted by molar-refractivity contribution is -0.154. The van der Waals surface area contributed by atoms with Crippen LogP contribution in [0.2, 0.25) is 0 Å². The van der Waals surface area contributed by atoms with Crippen LogP contribution in [0.5, 0.6) is 17.2 Å². The average molecular weight is 580 g/mol. The van der Waals surface area contributed by atoms with Crippen LogP contribution in [-0.2, 0) is 12.7 Å². The van der Waals surface area contributed by atoms with E-state index in [-0.39, 0.29) is 40.1 Å². The maximum absolute atomic E-state index is 14.4. The number of carbonyl (C=O) groups is 1. The van der Waals surface area contributed by atoms with Gasteiger partial charge in [0.2, 0.25) is 11.2 Å². The van der Waals surface area contributed by atoms with Gasteiger partial charge in [-0.05, 0) is 100 Å². The van der Waals surface area contributed by atoms with Gasteiger partial charge >= 0.3 is 12.1 Å². The molecule has 1 saturated heterocycles. The third-order valence-corrected chi connectivity index (χ3v) is 7.78. The molecule has 0 saturated carbocycles. The fraction of sp³-hybridized carbons (Fsp3) is 0.333. The van der Waals surface area contributed by atoms with Gasteiger partial charge in [-0.25, -0.2) is 4.79 Å². The summed E-state index contributed by atoms with van der Waals surface area (Å²) in [7, 11) is 0. The van der Waals surface area contributed by atoms with Crippen LogP contribution in [0.15, 0.2) is 63.8 Å². The van der Waals surface area contributed by atoms with E-state index in [4.69, 9.17) is 13.9 Å². The molecule has 1 aliphatic rings. The molecule has 1 fully saturated rings. The third kappa shape index (κ3) is 6.21. The number of carbonyl (C=O) groups excluding carboxylic acids is 1. The second-order valence-corrected chi connectivity index (χ2v) is 11.1. The van der Waals surface area contributed by atoms with E-state index in [1.165, 1.54) is 18.2 Å². The molecule has 220 valence electrons. The van der Waals surface area contributed by atoms with Crippen molar-refractivity contribution in [3.05, 3.63) is 98.4 Å². The highest BCUT2D eigenvalue weighted by molar-refractivity contribution is 5.92. The van der Waals surface area contributed by atoms with Gasteiger partial charge in [0.25, 0.3) is 5.76 Å². The Morgan fingerprint density at radius 2 is 1.67 bits per heavy atom. The summed E-state index contributed by atoms with van der Waals surface area (Å²) in [5.41, 5.74) is 1.91. The molecule has 0 spiro atoms. The molecule has 1 aliphatic heterocycles. The number of piperidine rings is 1. The van der Waals surface area contributed by atoms with Crippen LogP contribution in [0, 0.1) is 26.7 Å². The molecule has 0 radical (unpaired) electrons. The number of nitrogens with zero attached hydrogens (tertiary/aromatic N) is 1. The van der Waals surface area contributed by atoms with Crippen LogP contribution >= 0.6 is 0 Å². The van der Waals surface area contributed by atoms with Crippen molar-refractivity contribution in [2.75, 3.05) is 13.1 Å². The molecule has 9 heteroatoms. The van der Waals surface area contributed by atoms with Gasteiger partial charge in [-0.3, -0.25) is 9.69 Å². The predicted octanol–water partition coefficient (Wildman–Crippen LogP) is 7.98. The number of benzene rings is 3. The molecule has 1 aromatic heterocycles. The van der Waals surface area contributed by atoms with E-state index in [1.54, 1.807) is 43.3 Å². The first-order valence-electron chi connectivity index (χ1n) is 13.9. The van der Waals surface area contributed by atoms with Crippen LogP contribution in [-0.4, -0.2) is 24.0 Å². The molecule has 3 aromatic carbocycles. The zero-order valence-electron chi connectivity index (χ0n) is 23.9. The van der Waals surface area contributed by atoms with Crippen molar-refractivity contribution >= 4 is 16.9 Å². The highest BCUT2D eigenvalue weighted by Crippen LogP contribution is 2.41. The molecule has 42 heavy (non-hydrogen) atoms. The van der Waals surface area contributed by atoms with Gasteiger partial charge in [0.1, 0.15) is 17.1 Å². The van der Waals surface area contributed by atoms with Gasteiger partial charge in [-0.15, -0.1) is 0 Å². The second-order valence-electron chi connectivity index (χ2n) is 11.1. The number of halogens is 3. The summed E-state index contributed by atoms with van der Waals surface area (Å²) in [5.74, 6) is -2.52. The quantitative estimate of drug-likeness (QED) is 0.170. The van der Waals surface area contributed by atoms with Gasteiger partial charge in [-0.1, -0.05) is 30.7 Å². The minimum absolute atomic E-state index is 0.0331. The number of ether oxygens (including phenoxy) is 2. The van der Waals surface area contributed by atoms with E-state index in [1.807, 2.05) is 13.8 Å². The summed E-state index contributed by atoms with van der Waals surface area (Å²) >= 11 is 0. The maximum atomic E-state index is 14.4. The minimum Gasteiger partial charge on any atom is -0.449 e. The van der Waals surface area contributed by atoms with Crippen molar-refractivity contribution in [3.63, 3.8) is 0 Å². The zero-order chi connectivity index (χ0) is 30.2. The van der Waals surface area contributed by atoms with Crippen molar-refractivity contribution in [2.24, 2.45) is 5.92 Å². The van der Waals surface area contributed by atoms with E-state index in [2.05, 4.69) is 11.8 Å². The van der Waals surface area contributed by atoms with Crippen LogP contribution < -0.4 is 14.9 Å². The van der Waals surface area contributed by atoms with E-state index in [0.29, 0.717) is 19.0 Å². The number of esters is 1. The van der Waals surface area contributed by atoms with Crippen molar-refractivity contribution in [2.45, 2.75) is 53.3 Å². The first kappa shape index (κ1) is 29.4. The fourth-order valence-electron chi connectivity index (χ4n) is 4.99. The highest BCUT2D eigenvalue weighted by atomic mass is 19.4. The number of likely N-dealkylation sites (tertiary alicyclic amines) is 1. The molecule has 0 atom stereocenters. The van der Waals surface area contributed by atoms with Gasteiger partial charge in [0.05, 0.1) is 16.5 Å². The summed E-state index contributed by atoms with van der Waals surface area (Å²) in [6.07, 6.45) is -3.21. The van der Waals surface area contributed by atoms with Crippen LogP contribution in [0.4, 0.5) is 13.2 Å². The first-order valence-corrected chi connectivity index (χ1v) is 13.9. The number of hydrogen-bond acceptors (Lipinski definition) is 6. The molecule has 6 nitrogen and oxygen atoms in total. The number of hydrogen-bond donors (Lipinski definition) is 0. The van der Waals surface area contributed by atoms with Gasteiger partial charge in [-0.2, -0.15) is 13.2 Å². The van der Waals surface area contributed by atoms with E-state index < -0.39 is 29.1 Å². The summed E-state index contributed by atoms with van der Waals surface area (Å²) in [6, 6.07) is 14.3. The van der Waals surface area contributed by atoms with Crippen molar-refractivity contribution in [3.8, 4) is 17.2 Å². The first-order chi connectivity index (χ1) is 19.9. The topological polar surface area (TPSA) is 69.0 Å². The molecule has 5 rings (SSSR count). The van der Waals surface area contributed by atoms with Gasteiger partial charge < -0.3 is 13.9 Å². The average Bonchev–Trinajstić information content (AvgIpc) is 2.94. The van der Waals surface area contributed by atoms with E-state index in [0.717, 1.165) is 29.5 Å². The zero-order valence-corrected chi connectivity index (χ0v) is 23.9. The van der Waals surface area contributed by atoms with E-state index in [9.17, 15) is 22.8 Å². The normalized spacial score (nSPS) is 14.7. The lowest BCUT2D eigenvalue weighted by Crippen LogP contribution is -2.32. The molecular formula is C33H32F3NO5. The van der Waals surface area contributed by atoms with Gasteiger partial charge in [0.15, 0.2) is 0 Å². The summed E-state index contributed by atoms with van der Waals surface area (Å²) < 4.78 is 60.0. The number of aryl methyl sites for hydroxylation is 3. The summed E-state index contributed by atoms with van der Waals surface area (Å²) in [5, 5.41) is -0.0997. The number of alkyl halides is 3. The number of rotatable bonds is 6. The molecular weight excluding hydrogens is 547 g/mol. The Balaban J connectivity index is 1.65. The Morgan fingerprint density at radius 1 is 0.976 bits per heavy atom. The lowest BCUT2D eigenvalue weighted by Gasteiger charge is -2.30. The summed E-state index contributed by atoms with van der Waals surface area (Å²) in [4.78, 5) is 28.7. The largest absolute Gasteiger partial charge is 0.453 e. The third-order valence-electron chi connectivity index (χ3n) is 7.78. The van der Waals surface area contributed by atoms with Crippen LogP contribution in [0.3, 0.4) is 0 Å². The molecule has 0 bridgehead atoms. The Kier molecular flexibility index (Phi) is 8.14. The molecule has 0 N–H and O–H groups in total. The molecule has 0 amide bonds. The number of fused-ring (bicyclic) bond motifs is 1. The maximum Gasteiger partial charge on any atom is 0.453 e. The molecule has 2 heterocycles. The Morgan fingerprint density at radius 3 is 2.31 bits per heavy atom. The van der Waals surface area contributed by atoms with Crippen LogP contribution in [0.1, 0.15) is 58.1 Å². The second kappa shape index (κ2) is 11.6. The monoisotopic (exact) mass is 579 g/mol. The smallest absolute Gasteiger partial charge is 0.449 e. The molecule has 0 unspecified atom stereocenters.